The summed E-state index contributed by atoms with van der Waals surface area (Å²) in [6.45, 7) is 13.0. The summed E-state index contributed by atoms with van der Waals surface area (Å²) in [5, 5.41) is 5.62. The molecule has 27 heavy (non-hydrogen) atoms. The fraction of sp³-hybridized carbons (Fsp3) is 1.00. The van der Waals surface area contributed by atoms with Gasteiger partial charge in [-0.3, -0.25) is 0 Å². The van der Waals surface area contributed by atoms with E-state index in [2.05, 4.69) is 31.0 Å². The van der Waals surface area contributed by atoms with Gasteiger partial charge in [-0.2, -0.15) is 4.53 Å². The molecule has 0 aromatic carbocycles. The van der Waals surface area contributed by atoms with Gasteiger partial charge in [-0.15, -0.1) is 11.6 Å². The fourth-order valence-corrected chi connectivity index (χ4v) is 4.15. The van der Waals surface area contributed by atoms with Crippen molar-refractivity contribution in [1.82, 2.24) is 19.8 Å². The first-order valence-corrected chi connectivity index (χ1v) is 11.9. The summed E-state index contributed by atoms with van der Waals surface area (Å²) in [7, 11) is 3.99. The molecule has 1 N–H and O–H groups in total. The van der Waals surface area contributed by atoms with Crippen molar-refractivity contribution in [2.45, 2.75) is 72.1 Å². The van der Waals surface area contributed by atoms with E-state index in [0.717, 1.165) is 58.5 Å². The molecule has 1 atom stereocenters. The van der Waals surface area contributed by atoms with Crippen molar-refractivity contribution in [2.75, 3.05) is 59.2 Å². The van der Waals surface area contributed by atoms with Gasteiger partial charge in [0.2, 0.25) is 0 Å². The van der Waals surface area contributed by atoms with E-state index >= 15 is 0 Å². The largest absolute Gasteiger partial charge is 0.317 e. The summed E-state index contributed by atoms with van der Waals surface area (Å²) in [6, 6.07) is 0. The fourth-order valence-electron chi connectivity index (χ4n) is 3.50. The molecule has 0 spiro atoms. The Morgan fingerprint density at radius 1 is 0.852 bits per heavy atom. The summed E-state index contributed by atoms with van der Waals surface area (Å²) in [4.78, 5) is 2.50. The number of rotatable bonds is 19. The van der Waals surface area contributed by atoms with E-state index in [1.807, 2.05) is 23.6 Å². The van der Waals surface area contributed by atoms with Gasteiger partial charge in [0, 0.05) is 26.5 Å². The number of halogens is 2. The summed E-state index contributed by atoms with van der Waals surface area (Å²) in [5.74, 6) is 0.688. The smallest absolute Gasteiger partial charge is 0.0356 e. The molecule has 0 saturated carbocycles. The molecule has 0 radical (unpaired) electrons. The molecule has 0 aliphatic carbocycles. The lowest BCUT2D eigenvalue weighted by atomic mass is 9.78. The Hall–Kier alpha value is 0.420. The first-order chi connectivity index (χ1) is 12.9. The molecule has 0 saturated heterocycles. The van der Waals surface area contributed by atoms with Gasteiger partial charge in [-0.05, 0) is 75.6 Å². The second kappa shape index (κ2) is 17.3. The number of unbranched alkanes of at least 4 members (excludes halogenated alkanes) is 4. The zero-order chi connectivity index (χ0) is 20.5. The molecular formula is C21H46Cl2N4. The summed E-state index contributed by atoms with van der Waals surface area (Å²) in [5.41, 5.74) is 0.144. The zero-order valence-corrected chi connectivity index (χ0v) is 20.2. The maximum absolute atomic E-state index is 6.51. The third-order valence-corrected chi connectivity index (χ3v) is 6.28. The van der Waals surface area contributed by atoms with Gasteiger partial charge in [0.1, 0.15) is 0 Å². The Balaban J connectivity index is 4.66. The van der Waals surface area contributed by atoms with Crippen LogP contribution in [0.2, 0.25) is 0 Å². The number of nitrogens with one attached hydrogen (secondary N) is 1. The van der Waals surface area contributed by atoms with Crippen LogP contribution in [0.4, 0.5) is 0 Å². The minimum atomic E-state index is 0.144. The second-order valence-electron chi connectivity index (χ2n) is 7.97. The highest BCUT2D eigenvalue weighted by Crippen LogP contribution is 2.33. The molecule has 0 bridgehead atoms. The number of hydrogen-bond acceptors (Lipinski definition) is 4. The van der Waals surface area contributed by atoms with Crippen LogP contribution >= 0.6 is 23.4 Å². The minimum absolute atomic E-state index is 0.144. The van der Waals surface area contributed by atoms with Crippen LogP contribution in [0.1, 0.15) is 72.1 Å². The van der Waals surface area contributed by atoms with Crippen molar-refractivity contribution in [3.8, 4) is 0 Å². The van der Waals surface area contributed by atoms with Crippen molar-refractivity contribution in [2.24, 2.45) is 5.41 Å². The van der Waals surface area contributed by atoms with Gasteiger partial charge in [-0.1, -0.05) is 46.5 Å². The van der Waals surface area contributed by atoms with Crippen LogP contribution in [0, 0.1) is 5.41 Å². The standard InChI is InChI=1S/C21H46Cl2N4/c1-6-9-10-11-12-17-24-18-14-21(13-16-22,20-27(23)25(4)5)15-19-26(7-2)8-3/h24H,6-20H2,1-5H3. The lowest BCUT2D eigenvalue weighted by molar-refractivity contribution is 0.0527. The first kappa shape index (κ1) is 27.4. The number of hydrazine groups is 1. The molecule has 0 aromatic heterocycles. The second-order valence-corrected chi connectivity index (χ2v) is 8.74. The van der Waals surface area contributed by atoms with Crippen LogP contribution in [-0.4, -0.2) is 73.7 Å². The Labute approximate surface area is 180 Å². The number of nitrogens with zero attached hydrogens (tertiary/aromatic N) is 3. The maximum atomic E-state index is 6.51. The number of alkyl halides is 1. The highest BCUT2D eigenvalue weighted by atomic mass is 35.5. The minimum Gasteiger partial charge on any atom is -0.317 e. The van der Waals surface area contributed by atoms with E-state index in [1.165, 1.54) is 32.1 Å². The van der Waals surface area contributed by atoms with Crippen LogP contribution in [0.5, 0.6) is 0 Å². The normalized spacial score (nSPS) is 14.4. The summed E-state index contributed by atoms with van der Waals surface area (Å²) < 4.78 is 1.82. The van der Waals surface area contributed by atoms with Crippen LogP contribution in [0.15, 0.2) is 0 Å². The molecule has 0 aromatic rings. The molecule has 1 unspecified atom stereocenters. The topological polar surface area (TPSA) is 21.8 Å². The molecule has 4 nitrogen and oxygen atoms in total. The van der Waals surface area contributed by atoms with Gasteiger partial charge in [0.15, 0.2) is 0 Å². The van der Waals surface area contributed by atoms with Gasteiger partial charge >= 0.3 is 0 Å². The maximum Gasteiger partial charge on any atom is 0.0356 e. The molecule has 164 valence electrons. The lowest BCUT2D eigenvalue weighted by Crippen LogP contribution is -2.43. The summed E-state index contributed by atoms with van der Waals surface area (Å²) in [6.07, 6.45) is 9.91. The van der Waals surface area contributed by atoms with Crippen LogP contribution in [0.3, 0.4) is 0 Å². The summed E-state index contributed by atoms with van der Waals surface area (Å²) >= 11 is 12.7. The van der Waals surface area contributed by atoms with Crippen LogP contribution in [-0.2, 0) is 0 Å². The van der Waals surface area contributed by atoms with Crippen molar-refractivity contribution >= 4 is 23.4 Å². The molecule has 0 rings (SSSR count). The monoisotopic (exact) mass is 424 g/mol. The number of hydrogen-bond donors (Lipinski definition) is 1. The van der Waals surface area contributed by atoms with Gasteiger partial charge < -0.3 is 10.2 Å². The molecular weight excluding hydrogens is 379 g/mol. The van der Waals surface area contributed by atoms with E-state index in [0.29, 0.717) is 5.88 Å². The average molecular weight is 426 g/mol. The third-order valence-electron chi connectivity index (χ3n) is 5.67. The van der Waals surface area contributed by atoms with E-state index < -0.39 is 0 Å². The Bertz CT molecular complexity index is 327. The Morgan fingerprint density at radius 3 is 2.07 bits per heavy atom. The van der Waals surface area contributed by atoms with Crippen molar-refractivity contribution in [3.05, 3.63) is 0 Å². The van der Waals surface area contributed by atoms with Crippen molar-refractivity contribution in [1.29, 1.82) is 0 Å². The zero-order valence-electron chi connectivity index (χ0n) is 18.7. The van der Waals surface area contributed by atoms with E-state index in [1.54, 1.807) is 0 Å². The quantitative estimate of drug-likeness (QED) is 0.133. The van der Waals surface area contributed by atoms with Gasteiger partial charge in [-0.25, -0.2) is 5.01 Å². The SMILES string of the molecule is CCCCCCCNCCC(CCCl)(CCN(CC)CC)CN(Cl)N(C)C. The highest BCUT2D eigenvalue weighted by Gasteiger charge is 2.32. The predicted molar refractivity (Wildman–Crippen MR) is 123 cm³/mol. The van der Waals surface area contributed by atoms with Gasteiger partial charge in [0.05, 0.1) is 0 Å². The van der Waals surface area contributed by atoms with Crippen molar-refractivity contribution < 1.29 is 0 Å². The Morgan fingerprint density at radius 2 is 1.52 bits per heavy atom. The Kier molecular flexibility index (Phi) is 17.6. The van der Waals surface area contributed by atoms with E-state index in [4.69, 9.17) is 23.4 Å². The van der Waals surface area contributed by atoms with E-state index in [9.17, 15) is 0 Å². The highest BCUT2D eigenvalue weighted by molar-refractivity contribution is 6.17. The molecule has 0 aliphatic rings. The average Bonchev–Trinajstić information content (AvgIpc) is 2.64. The van der Waals surface area contributed by atoms with E-state index in [-0.39, 0.29) is 5.41 Å². The van der Waals surface area contributed by atoms with Crippen LogP contribution in [0.25, 0.3) is 0 Å². The first-order valence-electron chi connectivity index (χ1n) is 11.0. The molecule has 6 heteroatoms. The lowest BCUT2D eigenvalue weighted by Gasteiger charge is -2.39. The van der Waals surface area contributed by atoms with Crippen molar-refractivity contribution in [3.63, 3.8) is 0 Å². The predicted octanol–water partition coefficient (Wildman–Crippen LogP) is 5.22. The molecule has 0 fully saturated rings. The molecule has 0 heterocycles. The third kappa shape index (κ3) is 13.3. The van der Waals surface area contributed by atoms with Crippen LogP contribution < -0.4 is 5.32 Å². The van der Waals surface area contributed by atoms with Gasteiger partial charge in [0.25, 0.3) is 0 Å². The molecule has 0 amide bonds. The molecule has 0 aliphatic heterocycles.